The second-order valence-electron chi connectivity index (χ2n) is 3.82. The van der Waals surface area contributed by atoms with E-state index in [1.54, 1.807) is 26.0 Å². The van der Waals surface area contributed by atoms with Gasteiger partial charge in [-0.25, -0.2) is 0 Å². The van der Waals surface area contributed by atoms with Crippen LogP contribution in [0.5, 0.6) is 11.5 Å². The smallest absolute Gasteiger partial charge is 0.161 e. The van der Waals surface area contributed by atoms with Gasteiger partial charge in [-0.3, -0.25) is 4.99 Å². The summed E-state index contributed by atoms with van der Waals surface area (Å²) in [6, 6.07) is 6.08. The SMILES string of the molecule is COc1cc(NC2=NC(C)CS2)cc(OC)c1. The van der Waals surface area contributed by atoms with Crippen molar-refractivity contribution in [3.05, 3.63) is 18.2 Å². The normalized spacial score (nSPS) is 18.8. The van der Waals surface area contributed by atoms with Crippen molar-refractivity contribution in [1.29, 1.82) is 0 Å². The lowest BCUT2D eigenvalue weighted by molar-refractivity contribution is 0.395. The molecule has 1 aromatic rings. The first-order valence-electron chi connectivity index (χ1n) is 5.42. The number of amidine groups is 1. The van der Waals surface area contributed by atoms with E-state index in [1.807, 2.05) is 18.2 Å². The number of methoxy groups -OCH3 is 2. The van der Waals surface area contributed by atoms with Crippen molar-refractivity contribution in [3.63, 3.8) is 0 Å². The molecule has 92 valence electrons. The van der Waals surface area contributed by atoms with Gasteiger partial charge in [-0.1, -0.05) is 11.8 Å². The van der Waals surface area contributed by atoms with E-state index >= 15 is 0 Å². The lowest BCUT2D eigenvalue weighted by Crippen LogP contribution is -2.05. The Hall–Kier alpha value is -1.36. The van der Waals surface area contributed by atoms with Gasteiger partial charge in [-0.2, -0.15) is 0 Å². The van der Waals surface area contributed by atoms with Crippen molar-refractivity contribution < 1.29 is 9.47 Å². The molecule has 1 heterocycles. The Labute approximate surface area is 105 Å². The van der Waals surface area contributed by atoms with Crippen LogP contribution in [0.2, 0.25) is 0 Å². The molecule has 0 fully saturated rings. The molecule has 0 radical (unpaired) electrons. The van der Waals surface area contributed by atoms with Crippen molar-refractivity contribution in [2.75, 3.05) is 25.3 Å². The van der Waals surface area contributed by atoms with Gasteiger partial charge in [0.05, 0.1) is 20.3 Å². The predicted octanol–water partition coefficient (Wildman–Crippen LogP) is 2.61. The summed E-state index contributed by atoms with van der Waals surface area (Å²) >= 11 is 1.73. The third-order valence-electron chi connectivity index (χ3n) is 2.40. The number of aliphatic imine (C=N–C) groups is 1. The van der Waals surface area contributed by atoms with Crippen LogP contribution in [0.1, 0.15) is 6.92 Å². The molecular formula is C12H16N2O2S. The zero-order valence-corrected chi connectivity index (χ0v) is 11.0. The Morgan fingerprint density at radius 1 is 1.24 bits per heavy atom. The number of hydrogen-bond donors (Lipinski definition) is 1. The van der Waals surface area contributed by atoms with E-state index in [-0.39, 0.29) is 0 Å². The standard InChI is InChI=1S/C12H16N2O2S/c1-8-7-17-12(13-8)14-9-4-10(15-2)6-11(5-9)16-3/h4-6,8H,7H2,1-3H3,(H,13,14). The van der Waals surface area contributed by atoms with Gasteiger partial charge < -0.3 is 14.8 Å². The van der Waals surface area contributed by atoms with Crippen LogP contribution in [0, 0.1) is 0 Å². The number of anilines is 1. The monoisotopic (exact) mass is 252 g/mol. The second kappa shape index (κ2) is 5.31. The minimum Gasteiger partial charge on any atom is -0.497 e. The lowest BCUT2D eigenvalue weighted by atomic mass is 10.3. The van der Waals surface area contributed by atoms with Crippen LogP contribution in [0.4, 0.5) is 5.69 Å². The maximum atomic E-state index is 5.22. The highest BCUT2D eigenvalue weighted by Crippen LogP contribution is 2.27. The summed E-state index contributed by atoms with van der Waals surface area (Å²) < 4.78 is 10.4. The quantitative estimate of drug-likeness (QED) is 0.898. The molecule has 0 saturated heterocycles. The molecule has 1 N–H and O–H groups in total. The van der Waals surface area contributed by atoms with Crippen molar-refractivity contribution in [3.8, 4) is 11.5 Å². The van der Waals surface area contributed by atoms with Gasteiger partial charge >= 0.3 is 0 Å². The molecule has 1 atom stereocenters. The first-order valence-corrected chi connectivity index (χ1v) is 6.40. The van der Waals surface area contributed by atoms with E-state index in [2.05, 4.69) is 17.2 Å². The van der Waals surface area contributed by atoms with E-state index in [9.17, 15) is 0 Å². The lowest BCUT2D eigenvalue weighted by Gasteiger charge is -2.09. The summed E-state index contributed by atoms with van der Waals surface area (Å²) in [5.41, 5.74) is 0.932. The fourth-order valence-corrected chi connectivity index (χ4v) is 2.46. The van der Waals surface area contributed by atoms with E-state index in [4.69, 9.17) is 9.47 Å². The van der Waals surface area contributed by atoms with Gasteiger partial charge in [0.2, 0.25) is 0 Å². The van der Waals surface area contributed by atoms with Crippen LogP contribution in [0.15, 0.2) is 23.2 Å². The molecule has 0 spiro atoms. The molecule has 4 nitrogen and oxygen atoms in total. The second-order valence-corrected chi connectivity index (χ2v) is 4.83. The highest BCUT2D eigenvalue weighted by molar-refractivity contribution is 8.14. The third kappa shape index (κ3) is 3.06. The molecule has 0 aromatic heterocycles. The number of nitrogens with zero attached hydrogens (tertiary/aromatic N) is 1. The Balaban J connectivity index is 2.17. The Bertz CT molecular complexity index is 412. The molecule has 0 amide bonds. The highest BCUT2D eigenvalue weighted by atomic mass is 32.2. The number of thioether (sulfide) groups is 1. The zero-order valence-electron chi connectivity index (χ0n) is 10.2. The number of nitrogens with one attached hydrogen (secondary N) is 1. The zero-order chi connectivity index (χ0) is 12.3. The Morgan fingerprint density at radius 3 is 2.35 bits per heavy atom. The number of ether oxygens (including phenoxy) is 2. The molecule has 2 rings (SSSR count). The van der Waals surface area contributed by atoms with E-state index in [1.165, 1.54) is 0 Å². The largest absolute Gasteiger partial charge is 0.497 e. The minimum absolute atomic E-state index is 0.384. The number of rotatable bonds is 3. The summed E-state index contributed by atoms with van der Waals surface area (Å²) in [6.45, 7) is 2.10. The maximum absolute atomic E-state index is 5.22. The summed E-state index contributed by atoms with van der Waals surface area (Å²) in [5.74, 6) is 2.57. The Kier molecular flexibility index (Phi) is 3.78. The summed E-state index contributed by atoms with van der Waals surface area (Å²) in [4.78, 5) is 4.48. The van der Waals surface area contributed by atoms with Crippen LogP contribution in [0.25, 0.3) is 0 Å². The van der Waals surface area contributed by atoms with Crippen LogP contribution < -0.4 is 14.8 Å². The minimum atomic E-state index is 0.384. The number of hydrogen-bond acceptors (Lipinski definition) is 5. The van der Waals surface area contributed by atoms with E-state index in [0.717, 1.165) is 28.1 Å². The fraction of sp³-hybridized carbons (Fsp3) is 0.417. The predicted molar refractivity (Wildman–Crippen MR) is 72.5 cm³/mol. The van der Waals surface area contributed by atoms with E-state index in [0.29, 0.717) is 6.04 Å². The van der Waals surface area contributed by atoms with Crippen molar-refractivity contribution in [2.24, 2.45) is 4.99 Å². The average Bonchev–Trinajstić information content (AvgIpc) is 2.74. The molecule has 0 aliphatic carbocycles. The molecule has 1 aromatic carbocycles. The van der Waals surface area contributed by atoms with Gasteiger partial charge in [0.1, 0.15) is 11.5 Å². The molecule has 0 saturated carbocycles. The van der Waals surface area contributed by atoms with Crippen molar-refractivity contribution in [1.82, 2.24) is 0 Å². The molecule has 0 bridgehead atoms. The first kappa shape index (κ1) is 12.1. The molecule has 1 aliphatic rings. The maximum Gasteiger partial charge on any atom is 0.161 e. The fourth-order valence-electron chi connectivity index (χ4n) is 1.55. The summed E-state index contributed by atoms with van der Waals surface area (Å²) in [6.07, 6.45) is 0. The number of benzene rings is 1. The van der Waals surface area contributed by atoms with E-state index < -0.39 is 0 Å². The molecule has 1 aliphatic heterocycles. The molecular weight excluding hydrogens is 236 g/mol. The van der Waals surface area contributed by atoms with Gasteiger partial charge in [0.15, 0.2) is 5.17 Å². The van der Waals surface area contributed by atoms with Gasteiger partial charge in [0.25, 0.3) is 0 Å². The van der Waals surface area contributed by atoms with Crippen LogP contribution >= 0.6 is 11.8 Å². The van der Waals surface area contributed by atoms with Gasteiger partial charge in [-0.15, -0.1) is 0 Å². The summed E-state index contributed by atoms with van der Waals surface area (Å²) in [5, 5.41) is 4.23. The average molecular weight is 252 g/mol. The summed E-state index contributed by atoms with van der Waals surface area (Å²) in [7, 11) is 3.28. The molecule has 5 heteroatoms. The topological polar surface area (TPSA) is 42.8 Å². The van der Waals surface area contributed by atoms with Gasteiger partial charge in [0, 0.05) is 29.6 Å². The van der Waals surface area contributed by atoms with Gasteiger partial charge in [-0.05, 0) is 6.92 Å². The van der Waals surface area contributed by atoms with Crippen LogP contribution in [-0.4, -0.2) is 31.2 Å². The van der Waals surface area contributed by atoms with Crippen molar-refractivity contribution >= 4 is 22.6 Å². The van der Waals surface area contributed by atoms with Crippen LogP contribution in [0.3, 0.4) is 0 Å². The van der Waals surface area contributed by atoms with Crippen molar-refractivity contribution in [2.45, 2.75) is 13.0 Å². The Morgan fingerprint density at radius 2 is 1.88 bits per heavy atom. The third-order valence-corrected chi connectivity index (χ3v) is 3.53. The van der Waals surface area contributed by atoms with Crippen LogP contribution in [-0.2, 0) is 0 Å². The molecule has 1 unspecified atom stereocenters. The first-order chi connectivity index (χ1) is 8.21. The highest BCUT2D eigenvalue weighted by Gasteiger charge is 2.14. The molecule has 17 heavy (non-hydrogen) atoms.